The summed E-state index contributed by atoms with van der Waals surface area (Å²) in [6, 6.07) is 0. The smallest absolute Gasteiger partial charge is 0.160 e. The molecule has 0 atom stereocenters. The lowest BCUT2D eigenvalue weighted by Crippen LogP contribution is -2.43. The molecular weight excluding hydrogens is 253 g/mol. The van der Waals surface area contributed by atoms with Crippen molar-refractivity contribution in [1.29, 1.82) is 0 Å². The van der Waals surface area contributed by atoms with Crippen LogP contribution in [0.15, 0.2) is 0 Å². The van der Waals surface area contributed by atoms with E-state index >= 15 is 0 Å². The lowest BCUT2D eigenvalue weighted by atomic mass is 11.9. The van der Waals surface area contributed by atoms with Gasteiger partial charge >= 0.3 is 0 Å². The van der Waals surface area contributed by atoms with E-state index in [1.165, 1.54) is 0 Å². The first-order chi connectivity index (χ1) is 5.12. The van der Waals surface area contributed by atoms with E-state index in [-0.39, 0.29) is 0 Å². The standard InChI is InChI=1S/C6H18S3Si3/c1-10(2)7-11(3,4)9-12(5,6)8-10/h1-6H3. The Kier molecular flexibility index (Phi) is 3.31. The van der Waals surface area contributed by atoms with Gasteiger partial charge in [-0.1, -0.05) is 39.3 Å². The van der Waals surface area contributed by atoms with Crippen LogP contribution in [-0.2, 0) is 0 Å². The minimum atomic E-state index is -0.925. The van der Waals surface area contributed by atoms with Crippen LogP contribution < -0.4 is 0 Å². The summed E-state index contributed by atoms with van der Waals surface area (Å²) in [5.41, 5.74) is 0. The van der Waals surface area contributed by atoms with Crippen molar-refractivity contribution in [3.63, 3.8) is 0 Å². The van der Waals surface area contributed by atoms with E-state index in [4.69, 9.17) is 0 Å². The first-order valence-corrected chi connectivity index (χ1v) is 20.0. The Morgan fingerprint density at radius 3 is 0.833 bits per heavy atom. The molecule has 1 aliphatic heterocycles. The maximum atomic E-state index is 2.53. The summed E-state index contributed by atoms with van der Waals surface area (Å²) in [5.74, 6) is 0. The van der Waals surface area contributed by atoms with Gasteiger partial charge < -0.3 is 0 Å². The molecule has 1 fully saturated rings. The first-order valence-electron chi connectivity index (χ1n) is 4.22. The van der Waals surface area contributed by atoms with Crippen LogP contribution in [0.5, 0.6) is 0 Å². The summed E-state index contributed by atoms with van der Waals surface area (Å²) >= 11 is 0. The van der Waals surface area contributed by atoms with Crippen molar-refractivity contribution in [2.45, 2.75) is 39.3 Å². The molecule has 0 amide bonds. The Morgan fingerprint density at radius 1 is 0.500 bits per heavy atom. The Morgan fingerprint density at radius 2 is 0.667 bits per heavy atom. The van der Waals surface area contributed by atoms with Crippen LogP contribution >= 0.6 is 32.0 Å². The highest BCUT2D eigenvalue weighted by molar-refractivity contribution is 8.98. The van der Waals surface area contributed by atoms with E-state index in [2.05, 4.69) is 71.3 Å². The highest BCUT2D eigenvalue weighted by Crippen LogP contribution is 2.57. The SMILES string of the molecule is C[Si]1(C)S[Si](C)(C)S[Si](C)(C)S1. The summed E-state index contributed by atoms with van der Waals surface area (Å²) in [5, 5.41) is 0. The van der Waals surface area contributed by atoms with E-state index in [9.17, 15) is 0 Å². The first kappa shape index (κ1) is 11.8. The molecule has 1 saturated heterocycles. The van der Waals surface area contributed by atoms with Crippen LogP contribution in [0.2, 0.25) is 39.3 Å². The van der Waals surface area contributed by atoms with Crippen LogP contribution in [0.25, 0.3) is 0 Å². The zero-order valence-electron chi connectivity index (χ0n) is 8.72. The normalized spacial score (nSPS) is 31.5. The van der Waals surface area contributed by atoms with Gasteiger partial charge in [0.25, 0.3) is 0 Å². The van der Waals surface area contributed by atoms with Crippen molar-refractivity contribution in [2.75, 3.05) is 0 Å². The molecular formula is C6H18S3Si3. The topological polar surface area (TPSA) is 0 Å². The molecule has 0 nitrogen and oxygen atoms in total. The van der Waals surface area contributed by atoms with Gasteiger partial charge in [0.15, 0.2) is 19.1 Å². The fourth-order valence-electron chi connectivity index (χ4n) is 1.84. The van der Waals surface area contributed by atoms with Gasteiger partial charge in [-0.15, -0.1) is 0 Å². The van der Waals surface area contributed by atoms with E-state index in [1.807, 2.05) is 0 Å². The van der Waals surface area contributed by atoms with E-state index in [1.54, 1.807) is 0 Å². The summed E-state index contributed by atoms with van der Waals surface area (Å²) in [4.78, 5) is 0. The van der Waals surface area contributed by atoms with Crippen molar-refractivity contribution in [3.05, 3.63) is 0 Å². The molecule has 1 heterocycles. The lowest BCUT2D eigenvalue weighted by molar-refractivity contribution is 2.03. The lowest BCUT2D eigenvalue weighted by Gasteiger charge is -2.44. The average Bonchev–Trinajstić information content (AvgIpc) is 1.44. The molecule has 0 aromatic rings. The minimum absolute atomic E-state index is 0.925. The summed E-state index contributed by atoms with van der Waals surface area (Å²) in [6.07, 6.45) is -2.78. The predicted octanol–water partition coefficient (Wildman–Crippen LogP) is 4.31. The maximum absolute atomic E-state index is 2.53. The van der Waals surface area contributed by atoms with Crippen LogP contribution in [0.3, 0.4) is 0 Å². The maximum Gasteiger partial charge on any atom is 0.160 e. The van der Waals surface area contributed by atoms with Crippen molar-refractivity contribution < 1.29 is 0 Å². The number of hydrogen-bond donors (Lipinski definition) is 0. The summed E-state index contributed by atoms with van der Waals surface area (Å²) in [6.45, 7) is 15.2. The number of hydrogen-bond acceptors (Lipinski definition) is 3. The minimum Gasteiger partial charge on any atom is -0.184 e. The number of rotatable bonds is 0. The molecule has 0 aliphatic carbocycles. The van der Waals surface area contributed by atoms with Crippen molar-refractivity contribution >= 4 is 51.1 Å². The van der Waals surface area contributed by atoms with Crippen LogP contribution in [0.4, 0.5) is 0 Å². The van der Waals surface area contributed by atoms with Gasteiger partial charge in [-0.05, 0) is 0 Å². The van der Waals surface area contributed by atoms with E-state index in [0.29, 0.717) is 0 Å². The molecule has 12 heavy (non-hydrogen) atoms. The summed E-state index contributed by atoms with van der Waals surface area (Å²) in [7, 11) is 7.16. The van der Waals surface area contributed by atoms with Crippen LogP contribution in [0.1, 0.15) is 0 Å². The molecule has 0 aromatic heterocycles. The molecule has 0 saturated carbocycles. The Labute approximate surface area is 89.9 Å². The fourth-order valence-corrected chi connectivity index (χ4v) is 101. The van der Waals surface area contributed by atoms with Gasteiger partial charge in [-0.2, -0.15) is 32.0 Å². The highest BCUT2D eigenvalue weighted by atomic mass is 32.9. The van der Waals surface area contributed by atoms with Gasteiger partial charge in [0, 0.05) is 0 Å². The molecule has 0 aromatic carbocycles. The van der Waals surface area contributed by atoms with Gasteiger partial charge in [-0.3, -0.25) is 0 Å². The molecule has 1 aliphatic rings. The monoisotopic (exact) mass is 270 g/mol. The highest BCUT2D eigenvalue weighted by Gasteiger charge is 2.47. The Bertz CT molecular complexity index is 145. The molecule has 0 bridgehead atoms. The Balaban J connectivity index is 2.81. The van der Waals surface area contributed by atoms with Crippen molar-refractivity contribution in [1.82, 2.24) is 0 Å². The molecule has 72 valence electrons. The molecule has 0 unspecified atom stereocenters. The fraction of sp³-hybridized carbons (Fsp3) is 1.00. The van der Waals surface area contributed by atoms with Gasteiger partial charge in [0.2, 0.25) is 0 Å². The summed E-state index contributed by atoms with van der Waals surface area (Å²) < 4.78 is 0. The van der Waals surface area contributed by atoms with Crippen molar-refractivity contribution in [2.24, 2.45) is 0 Å². The Hall–Kier alpha value is 1.70. The second-order valence-corrected chi connectivity index (χ2v) is 41.6. The third kappa shape index (κ3) is 3.45. The van der Waals surface area contributed by atoms with E-state index in [0.717, 1.165) is 0 Å². The second-order valence-electron chi connectivity index (χ2n) is 4.51. The largest absolute Gasteiger partial charge is 0.184 e. The van der Waals surface area contributed by atoms with Crippen molar-refractivity contribution in [3.8, 4) is 0 Å². The average molecular weight is 271 g/mol. The predicted molar refractivity (Wildman–Crippen MR) is 75.2 cm³/mol. The second kappa shape index (κ2) is 3.37. The van der Waals surface area contributed by atoms with Gasteiger partial charge in [-0.25, -0.2) is 0 Å². The third-order valence-electron chi connectivity index (χ3n) is 1.47. The molecule has 6 heteroatoms. The van der Waals surface area contributed by atoms with Gasteiger partial charge in [0.05, 0.1) is 0 Å². The molecule has 0 N–H and O–H groups in total. The molecule has 0 spiro atoms. The van der Waals surface area contributed by atoms with Crippen LogP contribution in [-0.4, -0.2) is 19.1 Å². The van der Waals surface area contributed by atoms with Crippen LogP contribution in [0, 0.1) is 0 Å². The quantitative estimate of drug-likeness (QED) is 0.602. The third-order valence-corrected chi connectivity index (χ3v) is 53.3. The van der Waals surface area contributed by atoms with E-state index < -0.39 is 19.1 Å². The zero-order chi connectivity index (χ0) is 9.62. The molecule has 1 rings (SSSR count). The zero-order valence-corrected chi connectivity index (χ0v) is 14.2. The molecule has 0 radical (unpaired) electrons. The van der Waals surface area contributed by atoms with Gasteiger partial charge in [0.1, 0.15) is 0 Å².